The molecule has 0 aliphatic heterocycles. The second-order valence-electron chi connectivity index (χ2n) is 4.57. The Bertz CT molecular complexity index is 839. The van der Waals surface area contributed by atoms with Gasteiger partial charge in [0.05, 0.1) is 12.5 Å². The zero-order valence-corrected chi connectivity index (χ0v) is 11.6. The number of aromatic carboxylic acids is 1. The van der Waals surface area contributed by atoms with Crippen molar-refractivity contribution in [2.75, 3.05) is 7.11 Å². The molecule has 3 rings (SSSR count). The molecule has 0 bridgehead atoms. The molecule has 0 radical (unpaired) electrons. The maximum absolute atomic E-state index is 11.4. The Morgan fingerprint density at radius 3 is 2.86 bits per heavy atom. The Balaban J connectivity index is 2.34. The van der Waals surface area contributed by atoms with Crippen LogP contribution in [-0.2, 0) is 7.05 Å². The first-order chi connectivity index (χ1) is 10.1. The van der Waals surface area contributed by atoms with Gasteiger partial charge in [0, 0.05) is 13.2 Å². The van der Waals surface area contributed by atoms with Crippen LogP contribution in [0.15, 0.2) is 36.5 Å². The number of carboxylic acids is 1. The van der Waals surface area contributed by atoms with Gasteiger partial charge in [-0.1, -0.05) is 12.1 Å². The third kappa shape index (κ3) is 2.10. The van der Waals surface area contributed by atoms with Gasteiger partial charge in [0.15, 0.2) is 11.3 Å². The molecule has 6 heteroatoms. The van der Waals surface area contributed by atoms with Crippen LogP contribution in [0.2, 0.25) is 0 Å². The van der Waals surface area contributed by atoms with E-state index in [-0.39, 0.29) is 5.69 Å². The van der Waals surface area contributed by atoms with Crippen molar-refractivity contribution in [3.8, 4) is 16.9 Å². The molecule has 0 amide bonds. The van der Waals surface area contributed by atoms with E-state index in [0.717, 1.165) is 11.1 Å². The molecule has 106 valence electrons. The topological polar surface area (TPSA) is 77.2 Å². The number of methoxy groups -OCH3 is 1. The lowest BCUT2D eigenvalue weighted by Crippen LogP contribution is -1.99. The minimum Gasteiger partial charge on any atom is -0.497 e. The molecule has 0 aliphatic rings. The van der Waals surface area contributed by atoms with E-state index < -0.39 is 5.97 Å². The first-order valence-corrected chi connectivity index (χ1v) is 6.31. The van der Waals surface area contributed by atoms with Gasteiger partial charge in [-0.2, -0.15) is 5.10 Å². The van der Waals surface area contributed by atoms with E-state index in [9.17, 15) is 9.90 Å². The largest absolute Gasteiger partial charge is 0.497 e. The summed E-state index contributed by atoms with van der Waals surface area (Å²) in [5.41, 5.74) is 2.16. The van der Waals surface area contributed by atoms with Crippen LogP contribution in [-0.4, -0.2) is 33.0 Å². The second kappa shape index (κ2) is 4.90. The number of pyridine rings is 1. The summed E-state index contributed by atoms with van der Waals surface area (Å²) in [6, 6.07) is 9.23. The van der Waals surface area contributed by atoms with Crippen LogP contribution in [0.1, 0.15) is 10.5 Å². The fraction of sp³-hybridized carbons (Fsp3) is 0.133. The van der Waals surface area contributed by atoms with Crippen molar-refractivity contribution >= 4 is 17.0 Å². The fourth-order valence-corrected chi connectivity index (χ4v) is 2.36. The highest BCUT2D eigenvalue weighted by molar-refractivity contribution is 6.06. The van der Waals surface area contributed by atoms with Crippen LogP contribution >= 0.6 is 0 Å². The van der Waals surface area contributed by atoms with E-state index in [1.165, 1.54) is 4.68 Å². The van der Waals surface area contributed by atoms with E-state index >= 15 is 0 Å². The Morgan fingerprint density at radius 2 is 2.14 bits per heavy atom. The van der Waals surface area contributed by atoms with E-state index in [2.05, 4.69) is 10.1 Å². The predicted octanol–water partition coefficient (Wildman–Crippen LogP) is 2.34. The molecular weight excluding hydrogens is 270 g/mol. The summed E-state index contributed by atoms with van der Waals surface area (Å²) in [5.74, 6) is -0.365. The minimum absolute atomic E-state index is 0.00146. The molecule has 0 fully saturated rings. The van der Waals surface area contributed by atoms with Gasteiger partial charge in [-0.15, -0.1) is 0 Å². The standard InChI is InChI=1S/C15H13N3O3/c1-18-14-12(13(17-18)15(19)20)11(6-7-16-14)9-4-3-5-10(8-9)21-2/h3-8H,1-2H3,(H,19,20). The third-order valence-corrected chi connectivity index (χ3v) is 3.31. The van der Waals surface area contributed by atoms with Crippen molar-refractivity contribution in [2.24, 2.45) is 7.05 Å². The van der Waals surface area contributed by atoms with Gasteiger partial charge in [0.25, 0.3) is 0 Å². The number of carboxylic acid groups (broad SMARTS) is 1. The molecule has 0 saturated carbocycles. The van der Waals surface area contributed by atoms with Gasteiger partial charge in [0.1, 0.15) is 5.75 Å². The minimum atomic E-state index is -1.07. The number of rotatable bonds is 3. The van der Waals surface area contributed by atoms with Gasteiger partial charge >= 0.3 is 5.97 Å². The van der Waals surface area contributed by atoms with Crippen molar-refractivity contribution in [2.45, 2.75) is 0 Å². The molecule has 0 unspecified atom stereocenters. The summed E-state index contributed by atoms with van der Waals surface area (Å²) in [4.78, 5) is 15.6. The number of benzene rings is 1. The number of aromatic nitrogens is 3. The molecule has 6 nitrogen and oxygen atoms in total. The number of fused-ring (bicyclic) bond motifs is 1. The zero-order chi connectivity index (χ0) is 15.0. The Hall–Kier alpha value is -2.89. The summed E-state index contributed by atoms with van der Waals surface area (Å²) in [6.45, 7) is 0. The second-order valence-corrected chi connectivity index (χ2v) is 4.57. The van der Waals surface area contributed by atoms with Crippen molar-refractivity contribution < 1.29 is 14.6 Å². The molecule has 21 heavy (non-hydrogen) atoms. The SMILES string of the molecule is COc1cccc(-c2ccnc3c2c(C(=O)O)nn3C)c1. The number of ether oxygens (including phenoxy) is 1. The molecule has 0 spiro atoms. The molecule has 2 aromatic heterocycles. The fourth-order valence-electron chi connectivity index (χ4n) is 2.36. The number of hydrogen-bond donors (Lipinski definition) is 1. The average molecular weight is 283 g/mol. The van der Waals surface area contributed by atoms with Crippen LogP contribution in [0.3, 0.4) is 0 Å². The average Bonchev–Trinajstić information content (AvgIpc) is 2.85. The third-order valence-electron chi connectivity index (χ3n) is 3.31. The van der Waals surface area contributed by atoms with Crippen LogP contribution in [0.5, 0.6) is 5.75 Å². The lowest BCUT2D eigenvalue weighted by Gasteiger charge is -2.06. The van der Waals surface area contributed by atoms with Crippen LogP contribution in [0.25, 0.3) is 22.2 Å². The normalized spacial score (nSPS) is 10.8. The molecule has 0 saturated heterocycles. The summed E-state index contributed by atoms with van der Waals surface area (Å²) < 4.78 is 6.69. The van der Waals surface area contributed by atoms with Crippen LogP contribution < -0.4 is 4.74 Å². The van der Waals surface area contributed by atoms with Gasteiger partial charge < -0.3 is 9.84 Å². The lowest BCUT2D eigenvalue weighted by molar-refractivity contribution is 0.0691. The molecule has 0 aliphatic carbocycles. The molecule has 0 atom stereocenters. The maximum atomic E-state index is 11.4. The van der Waals surface area contributed by atoms with Gasteiger partial charge in [-0.05, 0) is 29.3 Å². The van der Waals surface area contributed by atoms with E-state index in [1.54, 1.807) is 26.4 Å². The Labute approximate surface area is 120 Å². The summed E-state index contributed by atoms with van der Waals surface area (Å²) >= 11 is 0. The molecule has 2 heterocycles. The van der Waals surface area contributed by atoms with Crippen LogP contribution in [0, 0.1) is 0 Å². The number of nitrogens with zero attached hydrogens (tertiary/aromatic N) is 3. The summed E-state index contributed by atoms with van der Waals surface area (Å²) in [7, 11) is 3.27. The van der Waals surface area contributed by atoms with Crippen molar-refractivity contribution in [3.63, 3.8) is 0 Å². The molecule has 1 aromatic carbocycles. The first-order valence-electron chi connectivity index (χ1n) is 6.31. The number of hydrogen-bond acceptors (Lipinski definition) is 4. The smallest absolute Gasteiger partial charge is 0.357 e. The first kappa shape index (κ1) is 13.1. The van der Waals surface area contributed by atoms with E-state index in [1.807, 2.05) is 24.3 Å². The van der Waals surface area contributed by atoms with E-state index in [4.69, 9.17) is 4.74 Å². The summed E-state index contributed by atoms with van der Waals surface area (Å²) in [5, 5.41) is 13.9. The zero-order valence-electron chi connectivity index (χ0n) is 11.6. The molecule has 3 aromatic rings. The number of aryl methyl sites for hydroxylation is 1. The highest BCUT2D eigenvalue weighted by Crippen LogP contribution is 2.31. The Kier molecular flexibility index (Phi) is 3.06. The lowest BCUT2D eigenvalue weighted by atomic mass is 10.0. The van der Waals surface area contributed by atoms with Crippen molar-refractivity contribution in [3.05, 3.63) is 42.2 Å². The van der Waals surface area contributed by atoms with Crippen LogP contribution in [0.4, 0.5) is 0 Å². The van der Waals surface area contributed by atoms with Gasteiger partial charge in [-0.25, -0.2) is 14.5 Å². The maximum Gasteiger partial charge on any atom is 0.357 e. The highest BCUT2D eigenvalue weighted by Gasteiger charge is 2.19. The van der Waals surface area contributed by atoms with Gasteiger partial charge in [-0.3, -0.25) is 0 Å². The van der Waals surface area contributed by atoms with Crippen molar-refractivity contribution in [1.29, 1.82) is 0 Å². The number of carbonyl (C=O) groups is 1. The highest BCUT2D eigenvalue weighted by atomic mass is 16.5. The molecule has 1 N–H and O–H groups in total. The quantitative estimate of drug-likeness (QED) is 0.798. The monoisotopic (exact) mass is 283 g/mol. The predicted molar refractivity (Wildman–Crippen MR) is 77.5 cm³/mol. The van der Waals surface area contributed by atoms with E-state index in [0.29, 0.717) is 16.8 Å². The van der Waals surface area contributed by atoms with Crippen molar-refractivity contribution in [1.82, 2.24) is 14.8 Å². The Morgan fingerprint density at radius 1 is 1.33 bits per heavy atom. The van der Waals surface area contributed by atoms with Gasteiger partial charge in [0.2, 0.25) is 0 Å². The molecular formula is C15H13N3O3. The summed E-state index contributed by atoms with van der Waals surface area (Å²) in [6.07, 6.45) is 1.64.